The Kier molecular flexibility index (Phi) is 3.65. The van der Waals surface area contributed by atoms with Gasteiger partial charge in [0.25, 0.3) is 5.91 Å². The number of para-hydroxylation sites is 1. The molecular formula is C20H17NO3. The molecule has 0 unspecified atom stereocenters. The van der Waals surface area contributed by atoms with E-state index < -0.39 is 5.91 Å². The predicted molar refractivity (Wildman–Crippen MR) is 93.5 cm³/mol. The molecule has 4 rings (SSSR count). The zero-order chi connectivity index (χ0) is 16.5. The van der Waals surface area contributed by atoms with Gasteiger partial charge in [0.2, 0.25) is 0 Å². The van der Waals surface area contributed by atoms with Crippen molar-refractivity contribution in [3.05, 3.63) is 75.6 Å². The summed E-state index contributed by atoms with van der Waals surface area (Å²) in [5.74, 6) is -0.357. The summed E-state index contributed by atoms with van der Waals surface area (Å²) in [4.78, 5) is 24.7. The minimum Gasteiger partial charge on any atom is -0.451 e. The molecule has 1 heterocycles. The fourth-order valence-electron chi connectivity index (χ4n) is 3.30. The highest BCUT2D eigenvalue weighted by Gasteiger charge is 2.17. The van der Waals surface area contributed by atoms with Crippen LogP contribution in [0, 0.1) is 0 Å². The number of nitrogens with one attached hydrogen (secondary N) is 1. The van der Waals surface area contributed by atoms with Crippen LogP contribution < -0.4 is 10.7 Å². The summed E-state index contributed by atoms with van der Waals surface area (Å²) in [5.41, 5.74) is 3.51. The van der Waals surface area contributed by atoms with Gasteiger partial charge in [-0.3, -0.25) is 9.59 Å². The Bertz CT molecular complexity index is 988. The lowest BCUT2D eigenvalue weighted by atomic mass is 9.90. The topological polar surface area (TPSA) is 59.3 Å². The second kappa shape index (κ2) is 5.96. The summed E-state index contributed by atoms with van der Waals surface area (Å²) >= 11 is 0. The lowest BCUT2D eigenvalue weighted by molar-refractivity contribution is 0.0997. The van der Waals surface area contributed by atoms with Crippen molar-refractivity contribution in [1.29, 1.82) is 0 Å². The predicted octanol–water partition coefficient (Wildman–Crippen LogP) is 3.92. The van der Waals surface area contributed by atoms with Crippen molar-refractivity contribution in [1.82, 2.24) is 0 Å². The summed E-state index contributed by atoms with van der Waals surface area (Å²) < 4.78 is 5.61. The standard InChI is InChI=1S/C20H17NO3/c22-17-12-19(24-18-11-4-3-9-15(17)18)20(23)21-16-10-5-7-13-6-1-2-8-14(13)16/h3-5,7,9-12H,1-2,6,8H2,(H,21,23). The van der Waals surface area contributed by atoms with E-state index in [-0.39, 0.29) is 11.2 Å². The maximum absolute atomic E-state index is 12.6. The van der Waals surface area contributed by atoms with Crippen molar-refractivity contribution in [2.45, 2.75) is 25.7 Å². The smallest absolute Gasteiger partial charge is 0.291 e. The summed E-state index contributed by atoms with van der Waals surface area (Å²) in [7, 11) is 0. The van der Waals surface area contributed by atoms with Gasteiger partial charge >= 0.3 is 0 Å². The van der Waals surface area contributed by atoms with Crippen molar-refractivity contribution in [2.24, 2.45) is 0 Å². The molecule has 1 aliphatic carbocycles. The van der Waals surface area contributed by atoms with Crippen LogP contribution in [-0.4, -0.2) is 5.91 Å². The maximum Gasteiger partial charge on any atom is 0.291 e. The van der Waals surface area contributed by atoms with Gasteiger partial charge in [0, 0.05) is 11.8 Å². The number of amides is 1. The maximum atomic E-state index is 12.6. The van der Waals surface area contributed by atoms with Gasteiger partial charge in [0.1, 0.15) is 5.58 Å². The van der Waals surface area contributed by atoms with Crippen LogP contribution in [0.25, 0.3) is 11.0 Å². The molecule has 120 valence electrons. The molecule has 4 heteroatoms. The number of fused-ring (bicyclic) bond motifs is 2. The van der Waals surface area contributed by atoms with Gasteiger partial charge in [-0.15, -0.1) is 0 Å². The van der Waals surface area contributed by atoms with E-state index in [1.165, 1.54) is 23.6 Å². The highest BCUT2D eigenvalue weighted by molar-refractivity contribution is 6.03. The Balaban J connectivity index is 1.69. The Labute approximate surface area is 139 Å². The second-order valence-corrected chi connectivity index (χ2v) is 6.08. The minimum absolute atomic E-state index is 0.0344. The molecule has 0 bridgehead atoms. The molecule has 0 fully saturated rings. The van der Waals surface area contributed by atoms with E-state index in [9.17, 15) is 9.59 Å². The van der Waals surface area contributed by atoms with E-state index in [1.54, 1.807) is 24.3 Å². The molecule has 1 aromatic heterocycles. The first kappa shape index (κ1) is 14.7. The Morgan fingerprint density at radius 3 is 2.75 bits per heavy atom. The first-order valence-electron chi connectivity index (χ1n) is 8.17. The third-order valence-corrected chi connectivity index (χ3v) is 4.50. The monoisotopic (exact) mass is 319 g/mol. The first-order chi connectivity index (χ1) is 11.7. The van der Waals surface area contributed by atoms with Gasteiger partial charge in [-0.1, -0.05) is 24.3 Å². The SMILES string of the molecule is O=C(Nc1cccc2c1CCCC2)c1cc(=O)c2ccccc2o1. The van der Waals surface area contributed by atoms with Crippen LogP contribution in [0.3, 0.4) is 0 Å². The van der Waals surface area contributed by atoms with Gasteiger partial charge in [0.15, 0.2) is 11.2 Å². The largest absolute Gasteiger partial charge is 0.451 e. The van der Waals surface area contributed by atoms with Crippen LogP contribution in [0.1, 0.15) is 34.5 Å². The third-order valence-electron chi connectivity index (χ3n) is 4.50. The molecule has 0 saturated heterocycles. The molecule has 0 saturated carbocycles. The number of anilines is 1. The van der Waals surface area contributed by atoms with E-state index in [0.29, 0.717) is 11.0 Å². The zero-order valence-corrected chi connectivity index (χ0v) is 13.2. The molecule has 1 amide bonds. The normalized spacial score (nSPS) is 13.5. The van der Waals surface area contributed by atoms with Gasteiger partial charge in [0.05, 0.1) is 5.39 Å². The fourth-order valence-corrected chi connectivity index (χ4v) is 3.30. The summed E-state index contributed by atoms with van der Waals surface area (Å²) in [6.45, 7) is 0. The lowest BCUT2D eigenvalue weighted by Crippen LogP contribution is -2.17. The third kappa shape index (κ3) is 2.60. The summed E-state index contributed by atoms with van der Waals surface area (Å²) in [6, 6.07) is 14.2. The average Bonchev–Trinajstić information content (AvgIpc) is 2.62. The lowest BCUT2D eigenvalue weighted by Gasteiger charge is -2.19. The van der Waals surface area contributed by atoms with Gasteiger partial charge in [-0.05, 0) is 55.0 Å². The molecule has 1 N–H and O–H groups in total. The minimum atomic E-state index is -0.392. The fraction of sp³-hybridized carbons (Fsp3) is 0.200. The second-order valence-electron chi connectivity index (χ2n) is 6.08. The van der Waals surface area contributed by atoms with Crippen molar-refractivity contribution in [2.75, 3.05) is 5.32 Å². The van der Waals surface area contributed by atoms with Crippen LogP contribution in [-0.2, 0) is 12.8 Å². The van der Waals surface area contributed by atoms with Gasteiger partial charge < -0.3 is 9.73 Å². The zero-order valence-electron chi connectivity index (χ0n) is 13.2. The molecule has 0 atom stereocenters. The van der Waals surface area contributed by atoms with Crippen molar-refractivity contribution in [3.8, 4) is 0 Å². The molecule has 0 radical (unpaired) electrons. The van der Waals surface area contributed by atoms with Crippen molar-refractivity contribution < 1.29 is 9.21 Å². The highest BCUT2D eigenvalue weighted by Crippen LogP contribution is 2.28. The number of hydrogen-bond donors (Lipinski definition) is 1. The first-order valence-corrected chi connectivity index (χ1v) is 8.17. The average molecular weight is 319 g/mol. The molecule has 0 spiro atoms. The van der Waals surface area contributed by atoms with Gasteiger partial charge in [-0.2, -0.15) is 0 Å². The number of hydrogen-bond acceptors (Lipinski definition) is 3. The van der Waals surface area contributed by atoms with Gasteiger partial charge in [-0.25, -0.2) is 0 Å². The van der Waals surface area contributed by atoms with Crippen LogP contribution in [0.2, 0.25) is 0 Å². The molecule has 0 aliphatic heterocycles. The summed E-state index contributed by atoms with van der Waals surface area (Å²) in [6.07, 6.45) is 4.33. The van der Waals surface area contributed by atoms with E-state index in [4.69, 9.17) is 4.42 Å². The Morgan fingerprint density at radius 2 is 1.83 bits per heavy atom. The number of rotatable bonds is 2. The molecular weight excluding hydrogens is 302 g/mol. The number of carbonyl (C=O) groups is 1. The van der Waals surface area contributed by atoms with E-state index in [1.807, 2.05) is 12.1 Å². The van der Waals surface area contributed by atoms with Crippen LogP contribution >= 0.6 is 0 Å². The molecule has 3 aromatic rings. The van der Waals surface area contributed by atoms with E-state index in [0.717, 1.165) is 24.9 Å². The number of carbonyl (C=O) groups excluding carboxylic acids is 1. The molecule has 1 aliphatic rings. The molecule has 4 nitrogen and oxygen atoms in total. The molecule has 2 aromatic carbocycles. The number of aryl methyl sites for hydroxylation is 1. The van der Waals surface area contributed by atoms with E-state index in [2.05, 4.69) is 11.4 Å². The quantitative estimate of drug-likeness (QED) is 0.778. The summed E-state index contributed by atoms with van der Waals surface area (Å²) in [5, 5.41) is 3.38. The Morgan fingerprint density at radius 1 is 1.00 bits per heavy atom. The van der Waals surface area contributed by atoms with Crippen LogP contribution in [0.15, 0.2) is 57.7 Å². The van der Waals surface area contributed by atoms with E-state index >= 15 is 0 Å². The van der Waals surface area contributed by atoms with Crippen molar-refractivity contribution >= 4 is 22.6 Å². The van der Waals surface area contributed by atoms with Crippen LogP contribution in [0.4, 0.5) is 5.69 Å². The molecule has 24 heavy (non-hydrogen) atoms. The van der Waals surface area contributed by atoms with Crippen molar-refractivity contribution in [3.63, 3.8) is 0 Å². The Hall–Kier alpha value is -2.88. The number of benzene rings is 2. The highest BCUT2D eigenvalue weighted by atomic mass is 16.3. The van der Waals surface area contributed by atoms with Crippen LogP contribution in [0.5, 0.6) is 0 Å².